The van der Waals surface area contributed by atoms with Gasteiger partial charge in [-0.15, -0.1) is 0 Å². The van der Waals surface area contributed by atoms with Gasteiger partial charge in [-0.05, 0) is 0 Å². The van der Waals surface area contributed by atoms with Crippen LogP contribution in [0.1, 0.15) is 26.2 Å². The quantitative estimate of drug-likeness (QED) is 0.0252. The summed E-state index contributed by atoms with van der Waals surface area (Å²) < 4.78 is 82.0. The molecule has 3 heterocycles. The molecule has 83 heavy (non-hydrogen) atoms. The van der Waals surface area contributed by atoms with Crippen LogP contribution in [0.25, 0.3) is 0 Å². The van der Waals surface area contributed by atoms with Crippen molar-refractivity contribution >= 4 is 17.7 Å². The fourth-order valence-electron chi connectivity index (χ4n) is 7.68. The fourth-order valence-corrected chi connectivity index (χ4v) is 7.68. The molecule has 0 aromatic heterocycles. The van der Waals surface area contributed by atoms with Crippen LogP contribution >= 0.6 is 0 Å². The van der Waals surface area contributed by atoms with E-state index >= 15 is 0 Å². The van der Waals surface area contributed by atoms with E-state index in [2.05, 4.69) is 16.0 Å². The summed E-state index contributed by atoms with van der Waals surface area (Å²) in [5, 5.41) is 125. The summed E-state index contributed by atoms with van der Waals surface area (Å²) in [6.07, 6.45) is -17.8. The van der Waals surface area contributed by atoms with Gasteiger partial charge < -0.3 is 148 Å². The largest absolute Gasteiger partial charge is 0.506 e. The Labute approximate surface area is 480 Å². The molecule has 0 aromatic rings. The number of ether oxygens (including phenoxy) is 15. The number of aliphatic hydroxyl groups is 12. The molecule has 14 atom stereocenters. The second-order valence-corrected chi connectivity index (χ2v) is 19.3. The van der Waals surface area contributed by atoms with Gasteiger partial charge in [0, 0.05) is 44.3 Å². The highest BCUT2D eigenvalue weighted by Crippen LogP contribution is 2.25. The maximum absolute atomic E-state index is 12.5. The Morgan fingerprint density at radius 1 is 0.398 bits per heavy atom. The van der Waals surface area contributed by atoms with Crippen LogP contribution in [-0.4, -0.2) is 337 Å². The van der Waals surface area contributed by atoms with Crippen LogP contribution in [0, 0.1) is 5.41 Å². The van der Waals surface area contributed by atoms with Crippen molar-refractivity contribution in [3.05, 3.63) is 11.5 Å². The Kier molecular flexibility index (Phi) is 38.7. The van der Waals surface area contributed by atoms with Gasteiger partial charge in [-0.1, -0.05) is 6.92 Å². The van der Waals surface area contributed by atoms with Crippen molar-refractivity contribution in [1.29, 1.82) is 0 Å². The summed E-state index contributed by atoms with van der Waals surface area (Å²) >= 11 is 0. The van der Waals surface area contributed by atoms with E-state index in [4.69, 9.17) is 71.1 Å². The first-order valence-corrected chi connectivity index (χ1v) is 27.5. The lowest BCUT2D eigenvalue weighted by molar-refractivity contribution is -0.302. The van der Waals surface area contributed by atoms with Gasteiger partial charge >= 0.3 is 0 Å². The van der Waals surface area contributed by atoms with Gasteiger partial charge in [0.15, 0.2) is 36.5 Å². The molecule has 8 unspecified atom stereocenters. The average molecular weight is 1210 g/mol. The van der Waals surface area contributed by atoms with Crippen LogP contribution < -0.4 is 16.0 Å². The molecule has 0 aromatic carbocycles. The topological polar surface area (TPSA) is 469 Å². The van der Waals surface area contributed by atoms with Gasteiger partial charge in [0.25, 0.3) is 0 Å². The predicted octanol–water partition coefficient (Wildman–Crippen LogP) is -7.28. The van der Waals surface area contributed by atoms with Gasteiger partial charge in [0.1, 0.15) is 54.9 Å². The molecule has 0 radical (unpaired) electrons. The van der Waals surface area contributed by atoms with Crippen LogP contribution in [0.15, 0.2) is 11.5 Å². The van der Waals surface area contributed by atoms with E-state index in [0.29, 0.717) is 0 Å². The number of nitrogens with one attached hydrogen (secondary N) is 3. The summed E-state index contributed by atoms with van der Waals surface area (Å²) in [4.78, 5) is 37.5. The van der Waals surface area contributed by atoms with E-state index < -0.39 is 117 Å². The highest BCUT2D eigenvalue weighted by atomic mass is 16.7. The minimum atomic E-state index is -1.63. The van der Waals surface area contributed by atoms with Crippen LogP contribution in [0.5, 0.6) is 0 Å². The zero-order chi connectivity index (χ0) is 60.8. The van der Waals surface area contributed by atoms with Gasteiger partial charge in [-0.25, -0.2) is 0 Å². The summed E-state index contributed by atoms with van der Waals surface area (Å²) in [5.74, 6) is -2.27. The van der Waals surface area contributed by atoms with Crippen LogP contribution in [0.4, 0.5) is 0 Å². The maximum Gasteiger partial charge on any atom is 0.222 e. The van der Waals surface area contributed by atoms with Crippen molar-refractivity contribution in [2.45, 2.75) is 106 Å². The average Bonchev–Trinajstić information content (AvgIpc) is 3.66. The van der Waals surface area contributed by atoms with Crippen molar-refractivity contribution in [3.8, 4) is 0 Å². The molecule has 486 valence electrons. The number of carbonyl (C=O) groups excluding carboxylic acids is 3. The lowest BCUT2D eigenvalue weighted by Gasteiger charge is -2.39. The molecule has 3 aliphatic heterocycles. The third kappa shape index (κ3) is 29.3. The minimum absolute atomic E-state index is 0.0114. The zero-order valence-corrected chi connectivity index (χ0v) is 46.9. The highest BCUT2D eigenvalue weighted by Gasteiger charge is 2.45. The molecule has 3 aliphatic rings. The lowest BCUT2D eigenvalue weighted by Crippen LogP contribution is -2.59. The standard InChI is InChI=1S/C50H91N3O30/c1-50(29-75-8-2-35(57)51-5-11-69-14-17-72-20-23-78-47-44(66)41(63)38(60)32(26-54)81-47,30-76-9-3-36(58)52-6-12-70-15-18-73-21-24-79-48-45(67)42(64)39(61)33(27-55)82-48)31-77-10-4-37(59)53-7-13-71-16-19-74-22-25-80-49-46(68)43(65)40(62)34(28-56)83-49/h32-34,38-39,41-42,44-49,54-56,60-68H,2-31H2,1H3,(H,51,57)(H,52,58)(H,53,59)/t32-,33?,34?,38-,39-,41?,42?,44?,45?,46?,47+,48+,49+,50?/m1/s1. The number of amides is 3. The molecule has 0 aliphatic carbocycles. The molecule has 2 fully saturated rings. The van der Waals surface area contributed by atoms with E-state index in [1.165, 1.54) is 0 Å². The molecule has 33 heteroatoms. The molecule has 3 amide bonds. The monoisotopic (exact) mass is 1210 g/mol. The third-order valence-corrected chi connectivity index (χ3v) is 12.4. The Balaban J connectivity index is 1.26. The molecule has 33 nitrogen and oxygen atoms in total. The van der Waals surface area contributed by atoms with Crippen molar-refractivity contribution in [1.82, 2.24) is 16.0 Å². The zero-order valence-electron chi connectivity index (χ0n) is 46.9. The second kappa shape index (κ2) is 43.4. The number of aliphatic hydroxyl groups excluding tert-OH is 12. The molecule has 0 bridgehead atoms. The minimum Gasteiger partial charge on any atom is -0.506 e. The van der Waals surface area contributed by atoms with Crippen molar-refractivity contribution < 1.29 is 147 Å². The molecule has 3 rings (SSSR count). The Bertz CT molecular complexity index is 1680. The van der Waals surface area contributed by atoms with Gasteiger partial charge in [-0.3, -0.25) is 14.4 Å². The van der Waals surface area contributed by atoms with Crippen molar-refractivity contribution in [2.75, 3.05) is 178 Å². The van der Waals surface area contributed by atoms with Crippen LogP contribution in [0.3, 0.4) is 0 Å². The molecular formula is C50H91N3O30. The SMILES string of the molecule is CC(COCCC(=O)NCCOCCOCCO[C@H]1OC(CO)C(O)=C(O)C1O)(COCCC(=O)NCCOCCOCCO[C@H]1OC(CO)[C@@H](O)C(O)C1O)COCCC(=O)NCCOCCOCCO[C@H]1O[C@H](CO)[C@@H](O)C(O)C1O. The fraction of sp³-hybridized carbons (Fsp3) is 0.900. The van der Waals surface area contributed by atoms with Gasteiger partial charge in [0.2, 0.25) is 17.7 Å². The summed E-state index contributed by atoms with van der Waals surface area (Å²) in [5.41, 5.74) is -0.756. The summed E-state index contributed by atoms with van der Waals surface area (Å²) in [6, 6.07) is 0. The number of hydrogen-bond acceptors (Lipinski definition) is 30. The normalized spacial score (nSPS) is 27.3. The first kappa shape index (κ1) is 74.0. The van der Waals surface area contributed by atoms with E-state index in [1.54, 1.807) is 0 Å². The molecule has 0 spiro atoms. The van der Waals surface area contributed by atoms with Gasteiger partial charge in [-0.2, -0.15) is 0 Å². The molecule has 0 saturated carbocycles. The summed E-state index contributed by atoms with van der Waals surface area (Å²) in [7, 11) is 0. The Morgan fingerprint density at radius 2 is 0.723 bits per heavy atom. The van der Waals surface area contributed by atoms with Crippen molar-refractivity contribution in [3.63, 3.8) is 0 Å². The number of hydrogen-bond donors (Lipinski definition) is 15. The number of carbonyl (C=O) groups is 3. The Morgan fingerprint density at radius 3 is 1.06 bits per heavy atom. The number of rotatable bonds is 48. The maximum atomic E-state index is 12.5. The van der Waals surface area contributed by atoms with E-state index in [-0.39, 0.29) is 195 Å². The lowest BCUT2D eigenvalue weighted by atomic mass is 9.94. The smallest absolute Gasteiger partial charge is 0.222 e. The first-order chi connectivity index (χ1) is 40.0. The highest BCUT2D eigenvalue weighted by molar-refractivity contribution is 5.76. The van der Waals surface area contributed by atoms with Crippen LogP contribution in [0.2, 0.25) is 0 Å². The van der Waals surface area contributed by atoms with E-state index in [0.717, 1.165) is 0 Å². The van der Waals surface area contributed by atoms with Gasteiger partial charge in [0.05, 0.1) is 159 Å². The first-order valence-electron chi connectivity index (χ1n) is 27.5. The second-order valence-electron chi connectivity index (χ2n) is 19.3. The van der Waals surface area contributed by atoms with E-state index in [1.807, 2.05) is 6.92 Å². The predicted molar refractivity (Wildman–Crippen MR) is 278 cm³/mol. The molecular weight excluding hydrogens is 1120 g/mol. The third-order valence-electron chi connectivity index (χ3n) is 12.4. The molecule has 2 saturated heterocycles. The Hall–Kier alpha value is -3.25. The van der Waals surface area contributed by atoms with Crippen molar-refractivity contribution in [2.24, 2.45) is 5.41 Å². The summed E-state index contributed by atoms with van der Waals surface area (Å²) in [6.45, 7) is 3.23. The molecule has 15 N–H and O–H groups in total. The van der Waals surface area contributed by atoms with E-state index in [9.17, 15) is 75.7 Å². The van der Waals surface area contributed by atoms with Crippen LogP contribution in [-0.2, 0) is 85.4 Å².